The van der Waals surface area contributed by atoms with Gasteiger partial charge in [-0.15, -0.1) is 10.2 Å². The molecular weight excluding hydrogens is 521 g/mol. The average molecular weight is 542 g/mol. The van der Waals surface area contributed by atoms with Crippen LogP contribution in [0.3, 0.4) is 0 Å². The molecule has 0 bridgehead atoms. The fourth-order valence-corrected chi connectivity index (χ4v) is 4.50. The van der Waals surface area contributed by atoms with Crippen molar-refractivity contribution in [2.24, 2.45) is 0 Å². The molecule has 3 N–H and O–H groups in total. The van der Waals surface area contributed by atoms with Crippen LogP contribution in [-0.2, 0) is 11.2 Å². The van der Waals surface area contributed by atoms with Gasteiger partial charge in [0.2, 0.25) is 11.0 Å². The first-order valence-electron chi connectivity index (χ1n) is 10.8. The lowest BCUT2D eigenvalue weighted by Gasteiger charge is -2.18. The highest BCUT2D eigenvalue weighted by Crippen LogP contribution is 2.29. The lowest BCUT2D eigenvalue weighted by atomic mass is 10.1. The van der Waals surface area contributed by atoms with Crippen molar-refractivity contribution in [2.75, 3.05) is 17.7 Å². The second kappa shape index (κ2) is 11.9. The Labute approximate surface area is 221 Å². The Morgan fingerprint density at radius 2 is 1.78 bits per heavy atom. The largest absolute Gasteiger partial charge is 0.497 e. The summed E-state index contributed by atoms with van der Waals surface area (Å²) in [6, 6.07) is 19.9. The second-order valence-electron chi connectivity index (χ2n) is 7.60. The van der Waals surface area contributed by atoms with E-state index < -0.39 is 18.0 Å². The maximum atomic E-state index is 13.2. The normalized spacial score (nSPS) is 11.4. The van der Waals surface area contributed by atoms with Gasteiger partial charge in [-0.25, -0.2) is 4.79 Å². The van der Waals surface area contributed by atoms with Gasteiger partial charge in [0.25, 0.3) is 0 Å². The van der Waals surface area contributed by atoms with Gasteiger partial charge in [0.1, 0.15) is 16.8 Å². The van der Waals surface area contributed by atoms with Crippen LogP contribution < -0.4 is 20.7 Å². The molecule has 4 aromatic rings. The molecule has 8 nitrogen and oxygen atoms in total. The van der Waals surface area contributed by atoms with Crippen molar-refractivity contribution < 1.29 is 14.3 Å². The van der Waals surface area contributed by atoms with E-state index in [1.807, 2.05) is 54.6 Å². The third kappa shape index (κ3) is 6.72. The van der Waals surface area contributed by atoms with E-state index in [4.69, 9.17) is 27.9 Å². The highest BCUT2D eigenvalue weighted by Gasteiger charge is 2.23. The van der Waals surface area contributed by atoms with Gasteiger partial charge >= 0.3 is 6.03 Å². The van der Waals surface area contributed by atoms with Gasteiger partial charge in [0.05, 0.1) is 17.8 Å². The first-order chi connectivity index (χ1) is 17.4. The Morgan fingerprint density at radius 1 is 0.972 bits per heavy atom. The number of benzene rings is 3. The number of hydrogen-bond donors (Lipinski definition) is 3. The Hall–Kier alpha value is -3.66. The van der Waals surface area contributed by atoms with E-state index in [1.165, 1.54) is 17.4 Å². The lowest BCUT2D eigenvalue weighted by molar-refractivity contribution is -0.117. The maximum Gasteiger partial charge on any atom is 0.319 e. The molecule has 1 atom stereocenters. The standard InChI is InChI=1S/C25H21Cl2N5O3S/c1-35-18-9-5-8-16(13-18)23-31-32-25(36-23)30-22(33)21(12-15-6-3-2-4-7-15)29-24(34)28-20-11-10-17(26)14-19(20)27/h2-11,13-14,21H,12H2,1H3,(H2,28,29,34)(H,30,32,33)/t21-/m1/s1. The molecule has 1 aromatic heterocycles. The zero-order valence-electron chi connectivity index (χ0n) is 19.0. The first-order valence-corrected chi connectivity index (χ1v) is 12.3. The molecule has 0 spiro atoms. The molecule has 0 aliphatic carbocycles. The molecule has 36 heavy (non-hydrogen) atoms. The number of amides is 3. The summed E-state index contributed by atoms with van der Waals surface area (Å²) >= 11 is 13.3. The number of carbonyl (C=O) groups excluding carboxylic acids is 2. The first kappa shape index (κ1) is 25.4. The van der Waals surface area contributed by atoms with Gasteiger partial charge in [-0.1, -0.05) is 77.0 Å². The number of ether oxygens (including phenoxy) is 1. The summed E-state index contributed by atoms with van der Waals surface area (Å²) in [5.74, 6) is 0.247. The molecule has 4 rings (SSSR count). The SMILES string of the molecule is COc1cccc(-c2nnc(NC(=O)[C@@H](Cc3ccccc3)NC(=O)Nc3ccc(Cl)cc3Cl)s2)c1. The van der Waals surface area contributed by atoms with Crippen LogP contribution in [0.15, 0.2) is 72.8 Å². The van der Waals surface area contributed by atoms with E-state index in [2.05, 4.69) is 26.1 Å². The van der Waals surface area contributed by atoms with Gasteiger partial charge in [-0.3, -0.25) is 10.1 Å². The number of halogens is 2. The van der Waals surface area contributed by atoms with Crippen LogP contribution in [0, 0.1) is 0 Å². The third-order valence-corrected chi connectivity index (χ3v) is 6.49. The fourth-order valence-electron chi connectivity index (χ4n) is 3.31. The number of carbonyl (C=O) groups is 2. The van der Waals surface area contributed by atoms with Crippen molar-refractivity contribution in [1.82, 2.24) is 15.5 Å². The molecule has 3 aromatic carbocycles. The maximum absolute atomic E-state index is 13.2. The lowest BCUT2D eigenvalue weighted by Crippen LogP contribution is -2.47. The monoisotopic (exact) mass is 541 g/mol. The van der Waals surface area contributed by atoms with E-state index >= 15 is 0 Å². The minimum Gasteiger partial charge on any atom is -0.497 e. The highest BCUT2D eigenvalue weighted by atomic mass is 35.5. The fraction of sp³-hybridized carbons (Fsp3) is 0.120. The van der Waals surface area contributed by atoms with Gasteiger partial charge < -0.3 is 15.4 Å². The minimum absolute atomic E-state index is 0.260. The van der Waals surface area contributed by atoms with Gasteiger partial charge in [0, 0.05) is 17.0 Å². The Kier molecular flexibility index (Phi) is 8.37. The predicted octanol–water partition coefficient (Wildman–Crippen LogP) is 5.89. The van der Waals surface area contributed by atoms with E-state index in [-0.39, 0.29) is 11.4 Å². The Balaban J connectivity index is 1.48. The molecule has 11 heteroatoms. The topological polar surface area (TPSA) is 105 Å². The number of aromatic nitrogens is 2. The van der Waals surface area contributed by atoms with Crippen LogP contribution in [0.4, 0.5) is 15.6 Å². The molecule has 3 amide bonds. The second-order valence-corrected chi connectivity index (χ2v) is 9.42. The van der Waals surface area contributed by atoms with E-state index in [0.717, 1.165) is 11.1 Å². The Morgan fingerprint density at radius 3 is 2.53 bits per heavy atom. The summed E-state index contributed by atoms with van der Waals surface area (Å²) in [5.41, 5.74) is 2.05. The summed E-state index contributed by atoms with van der Waals surface area (Å²) in [4.78, 5) is 25.9. The van der Waals surface area contributed by atoms with E-state index in [1.54, 1.807) is 19.2 Å². The summed E-state index contributed by atoms with van der Waals surface area (Å²) in [6.07, 6.45) is 0.260. The highest BCUT2D eigenvalue weighted by molar-refractivity contribution is 7.18. The number of hydrogen-bond acceptors (Lipinski definition) is 6. The van der Waals surface area contributed by atoms with Crippen LogP contribution in [0.2, 0.25) is 10.0 Å². The van der Waals surface area contributed by atoms with Crippen molar-refractivity contribution in [3.05, 3.63) is 88.4 Å². The molecule has 0 radical (unpaired) electrons. The molecular formula is C25H21Cl2N5O3S. The summed E-state index contributed by atoms with van der Waals surface area (Å²) < 4.78 is 5.25. The van der Waals surface area contributed by atoms with Crippen LogP contribution >= 0.6 is 34.5 Å². The molecule has 0 saturated carbocycles. The molecule has 0 unspecified atom stereocenters. The van der Waals surface area contributed by atoms with Crippen molar-refractivity contribution >= 4 is 57.3 Å². The zero-order valence-corrected chi connectivity index (χ0v) is 21.3. The number of urea groups is 1. The smallest absolute Gasteiger partial charge is 0.319 e. The van der Waals surface area contributed by atoms with Crippen molar-refractivity contribution in [3.8, 4) is 16.3 Å². The average Bonchev–Trinajstić information content (AvgIpc) is 3.34. The summed E-state index contributed by atoms with van der Waals surface area (Å²) in [6.45, 7) is 0. The number of nitrogens with one attached hydrogen (secondary N) is 3. The van der Waals surface area contributed by atoms with E-state index in [9.17, 15) is 9.59 Å². The van der Waals surface area contributed by atoms with E-state index in [0.29, 0.717) is 26.6 Å². The third-order valence-electron chi connectivity index (χ3n) is 5.06. The van der Waals surface area contributed by atoms with Crippen molar-refractivity contribution in [2.45, 2.75) is 12.5 Å². The van der Waals surface area contributed by atoms with Crippen LogP contribution in [0.25, 0.3) is 10.6 Å². The minimum atomic E-state index is -0.900. The van der Waals surface area contributed by atoms with Crippen LogP contribution in [0.5, 0.6) is 5.75 Å². The number of nitrogens with zero attached hydrogens (tertiary/aromatic N) is 2. The van der Waals surface area contributed by atoms with Gasteiger partial charge in [0.15, 0.2) is 0 Å². The quantitative estimate of drug-likeness (QED) is 0.258. The van der Waals surface area contributed by atoms with Crippen LogP contribution in [0.1, 0.15) is 5.56 Å². The molecule has 0 aliphatic rings. The zero-order chi connectivity index (χ0) is 25.5. The number of methoxy groups -OCH3 is 1. The summed E-state index contributed by atoms with van der Waals surface area (Å²) in [7, 11) is 1.59. The molecule has 1 heterocycles. The van der Waals surface area contributed by atoms with Crippen molar-refractivity contribution in [3.63, 3.8) is 0 Å². The molecule has 0 fully saturated rings. The van der Waals surface area contributed by atoms with Gasteiger partial charge in [-0.2, -0.15) is 0 Å². The van der Waals surface area contributed by atoms with Gasteiger partial charge in [-0.05, 0) is 35.9 Å². The summed E-state index contributed by atoms with van der Waals surface area (Å²) in [5, 5.41) is 18.0. The molecule has 0 saturated heterocycles. The molecule has 184 valence electrons. The van der Waals surface area contributed by atoms with Crippen molar-refractivity contribution in [1.29, 1.82) is 0 Å². The predicted molar refractivity (Wildman–Crippen MR) is 143 cm³/mol. The molecule has 0 aliphatic heterocycles. The Bertz CT molecular complexity index is 1370. The number of anilines is 2. The number of rotatable bonds is 8. The van der Waals surface area contributed by atoms with Crippen LogP contribution in [-0.4, -0.2) is 35.3 Å².